The molecule has 8 heteroatoms. The molecule has 2 aliphatic heterocycles. The molecule has 150 valence electrons. The van der Waals surface area contributed by atoms with Crippen LogP contribution in [0.5, 0.6) is 5.75 Å². The van der Waals surface area contributed by atoms with Gasteiger partial charge < -0.3 is 20.1 Å². The monoisotopic (exact) mass is 393 g/mol. The Morgan fingerprint density at radius 1 is 1.17 bits per heavy atom. The third kappa shape index (κ3) is 3.51. The maximum atomic E-state index is 12.9. The summed E-state index contributed by atoms with van der Waals surface area (Å²) in [6.07, 6.45) is 3.69. The van der Waals surface area contributed by atoms with Crippen molar-refractivity contribution in [3.05, 3.63) is 53.7 Å². The molecule has 1 amide bonds. The normalized spacial score (nSPS) is 19.6. The van der Waals surface area contributed by atoms with E-state index in [1.165, 1.54) is 0 Å². The molecule has 1 atom stereocenters. The van der Waals surface area contributed by atoms with Crippen LogP contribution in [-0.2, 0) is 0 Å². The minimum atomic E-state index is -0.242. The summed E-state index contributed by atoms with van der Waals surface area (Å²) in [6, 6.07) is 11.2. The number of nitrogens with zero attached hydrogens (tertiary/aromatic N) is 4. The molecule has 4 heterocycles. The summed E-state index contributed by atoms with van der Waals surface area (Å²) in [6.45, 7) is 2.04. The van der Waals surface area contributed by atoms with Gasteiger partial charge in [0.15, 0.2) is 5.65 Å². The Labute approximate surface area is 168 Å². The van der Waals surface area contributed by atoms with Crippen molar-refractivity contribution in [3.8, 4) is 5.75 Å². The van der Waals surface area contributed by atoms with Gasteiger partial charge in [0, 0.05) is 36.8 Å². The Kier molecular flexibility index (Phi) is 4.55. The van der Waals surface area contributed by atoms with E-state index < -0.39 is 0 Å². The molecule has 0 saturated carbocycles. The van der Waals surface area contributed by atoms with E-state index in [2.05, 4.69) is 20.3 Å². The Balaban J connectivity index is 1.35. The smallest absolute Gasteiger partial charge is 0.251 e. The quantitative estimate of drug-likeness (QED) is 0.707. The predicted molar refractivity (Wildman–Crippen MR) is 107 cm³/mol. The molecule has 1 fully saturated rings. The van der Waals surface area contributed by atoms with Crippen molar-refractivity contribution >= 4 is 17.5 Å². The van der Waals surface area contributed by atoms with Crippen LogP contribution in [0.2, 0.25) is 0 Å². The first-order valence-electron chi connectivity index (χ1n) is 9.99. The number of ether oxygens (including phenoxy) is 1. The van der Waals surface area contributed by atoms with Crippen LogP contribution in [0.15, 0.2) is 42.6 Å². The molecule has 29 heavy (non-hydrogen) atoms. The van der Waals surface area contributed by atoms with Gasteiger partial charge in [-0.3, -0.25) is 4.79 Å². The summed E-state index contributed by atoms with van der Waals surface area (Å²) in [5.74, 6) is 1.32. The molecule has 2 aliphatic rings. The third-order valence-corrected chi connectivity index (χ3v) is 5.60. The van der Waals surface area contributed by atoms with E-state index in [1.54, 1.807) is 22.8 Å². The number of benzene rings is 1. The largest absolute Gasteiger partial charge is 0.493 e. The van der Waals surface area contributed by atoms with Gasteiger partial charge in [0.2, 0.25) is 5.95 Å². The second kappa shape index (κ2) is 7.36. The highest BCUT2D eigenvalue weighted by Crippen LogP contribution is 2.31. The molecular formula is C21H23N5O3. The number of aliphatic hydroxyl groups excluding tert-OH is 1. The molecule has 1 saturated heterocycles. The van der Waals surface area contributed by atoms with E-state index in [0.717, 1.165) is 43.7 Å². The van der Waals surface area contributed by atoms with Crippen LogP contribution in [0.3, 0.4) is 0 Å². The van der Waals surface area contributed by atoms with Gasteiger partial charge in [-0.1, -0.05) is 18.2 Å². The standard InChI is InChI=1S/C21H23N5O3/c27-15-6-9-25(10-7-15)21-23-19-13-14(5-11-26(19)24-21)20(28)22-17-8-12-29-18-4-2-1-3-16(17)18/h1-5,11,13,15,17,27H,6-10,12H2,(H,22,28)/t17-/m0/s1. The van der Waals surface area contributed by atoms with Crippen molar-refractivity contribution < 1.29 is 14.6 Å². The molecule has 0 bridgehead atoms. The van der Waals surface area contributed by atoms with Gasteiger partial charge in [-0.15, -0.1) is 5.10 Å². The zero-order valence-electron chi connectivity index (χ0n) is 16.0. The molecule has 3 aromatic rings. The van der Waals surface area contributed by atoms with Gasteiger partial charge in [0.05, 0.1) is 18.8 Å². The number of anilines is 1. The van der Waals surface area contributed by atoms with Crippen molar-refractivity contribution in [1.82, 2.24) is 19.9 Å². The van der Waals surface area contributed by atoms with Gasteiger partial charge >= 0.3 is 0 Å². The lowest BCUT2D eigenvalue weighted by molar-refractivity contribution is 0.0924. The fourth-order valence-electron chi connectivity index (χ4n) is 3.94. The predicted octanol–water partition coefficient (Wildman–Crippen LogP) is 1.94. The van der Waals surface area contributed by atoms with E-state index >= 15 is 0 Å². The highest BCUT2D eigenvalue weighted by Gasteiger charge is 2.24. The van der Waals surface area contributed by atoms with Gasteiger partial charge in [-0.2, -0.15) is 4.98 Å². The van der Waals surface area contributed by atoms with E-state index in [0.29, 0.717) is 23.8 Å². The number of nitrogens with one attached hydrogen (secondary N) is 1. The molecule has 0 unspecified atom stereocenters. The van der Waals surface area contributed by atoms with Crippen LogP contribution in [-0.4, -0.2) is 51.4 Å². The molecule has 2 aromatic heterocycles. The SMILES string of the molecule is O=C(N[C@H]1CCOc2ccccc21)c1ccn2nc(N3CCC(O)CC3)nc2c1. The Bertz CT molecular complexity index is 1040. The molecule has 0 aliphatic carbocycles. The van der Waals surface area contributed by atoms with Crippen LogP contribution in [0, 0.1) is 0 Å². The number of aromatic nitrogens is 3. The highest BCUT2D eigenvalue weighted by molar-refractivity contribution is 5.95. The zero-order chi connectivity index (χ0) is 19.8. The van der Waals surface area contributed by atoms with Crippen molar-refractivity contribution in [3.63, 3.8) is 0 Å². The molecule has 1 aromatic carbocycles. The maximum Gasteiger partial charge on any atom is 0.251 e. The lowest BCUT2D eigenvalue weighted by Crippen LogP contribution is -2.36. The van der Waals surface area contributed by atoms with E-state index in [9.17, 15) is 9.90 Å². The first-order valence-corrected chi connectivity index (χ1v) is 9.99. The Hall–Kier alpha value is -3.13. The molecule has 0 spiro atoms. The summed E-state index contributed by atoms with van der Waals surface area (Å²) >= 11 is 0. The number of fused-ring (bicyclic) bond motifs is 2. The molecule has 0 radical (unpaired) electrons. The number of amides is 1. The highest BCUT2D eigenvalue weighted by atomic mass is 16.5. The first kappa shape index (κ1) is 17.9. The summed E-state index contributed by atoms with van der Waals surface area (Å²) in [7, 11) is 0. The molecular weight excluding hydrogens is 370 g/mol. The van der Waals surface area contributed by atoms with Crippen molar-refractivity contribution in [1.29, 1.82) is 0 Å². The first-order chi connectivity index (χ1) is 14.2. The van der Waals surface area contributed by atoms with Gasteiger partial charge in [-0.25, -0.2) is 4.52 Å². The Morgan fingerprint density at radius 3 is 2.86 bits per heavy atom. The summed E-state index contributed by atoms with van der Waals surface area (Å²) in [4.78, 5) is 19.5. The van der Waals surface area contributed by atoms with Gasteiger partial charge in [0.1, 0.15) is 5.75 Å². The number of rotatable bonds is 3. The van der Waals surface area contributed by atoms with Crippen LogP contribution in [0.1, 0.15) is 41.2 Å². The minimum Gasteiger partial charge on any atom is -0.493 e. The van der Waals surface area contributed by atoms with Gasteiger partial charge in [-0.05, 0) is 31.0 Å². The molecule has 8 nitrogen and oxygen atoms in total. The molecule has 2 N–H and O–H groups in total. The molecule has 5 rings (SSSR count). The van der Waals surface area contributed by atoms with E-state index in [1.807, 2.05) is 24.3 Å². The number of aliphatic hydroxyl groups is 1. The zero-order valence-corrected chi connectivity index (χ0v) is 16.0. The van der Waals surface area contributed by atoms with E-state index in [-0.39, 0.29) is 18.1 Å². The van der Waals surface area contributed by atoms with Crippen LogP contribution >= 0.6 is 0 Å². The number of piperidine rings is 1. The third-order valence-electron chi connectivity index (χ3n) is 5.60. The summed E-state index contributed by atoms with van der Waals surface area (Å²) < 4.78 is 7.35. The van der Waals surface area contributed by atoms with Crippen LogP contribution in [0.4, 0.5) is 5.95 Å². The fraction of sp³-hybridized carbons (Fsp3) is 0.381. The average molecular weight is 393 g/mol. The second-order valence-corrected chi connectivity index (χ2v) is 7.55. The van der Waals surface area contributed by atoms with Crippen LogP contribution in [0.25, 0.3) is 5.65 Å². The Morgan fingerprint density at radius 2 is 2.00 bits per heavy atom. The maximum absolute atomic E-state index is 12.9. The average Bonchev–Trinajstić information content (AvgIpc) is 3.18. The number of carbonyl (C=O) groups is 1. The number of para-hydroxylation sites is 1. The number of carbonyl (C=O) groups excluding carboxylic acids is 1. The number of hydrogen-bond donors (Lipinski definition) is 2. The summed E-state index contributed by atoms with van der Waals surface area (Å²) in [5.41, 5.74) is 2.19. The van der Waals surface area contributed by atoms with Crippen molar-refractivity contribution in [2.75, 3.05) is 24.6 Å². The fourth-order valence-corrected chi connectivity index (χ4v) is 3.94. The lowest BCUT2D eigenvalue weighted by atomic mass is 10.0. The van der Waals surface area contributed by atoms with Crippen LogP contribution < -0.4 is 15.0 Å². The topological polar surface area (TPSA) is 92.0 Å². The number of pyridine rings is 1. The number of hydrogen-bond acceptors (Lipinski definition) is 6. The minimum absolute atomic E-state index is 0.0723. The summed E-state index contributed by atoms with van der Waals surface area (Å²) in [5, 5.41) is 17.3. The van der Waals surface area contributed by atoms with E-state index in [4.69, 9.17) is 4.74 Å². The van der Waals surface area contributed by atoms with Gasteiger partial charge in [0.25, 0.3) is 5.91 Å². The van der Waals surface area contributed by atoms with Crippen molar-refractivity contribution in [2.45, 2.75) is 31.4 Å². The lowest BCUT2D eigenvalue weighted by Gasteiger charge is -2.28. The second-order valence-electron chi connectivity index (χ2n) is 7.55. The van der Waals surface area contributed by atoms with Crippen molar-refractivity contribution in [2.24, 2.45) is 0 Å².